The van der Waals surface area contributed by atoms with Gasteiger partial charge in [-0.1, -0.05) is 26.7 Å². The van der Waals surface area contributed by atoms with E-state index in [1.54, 1.807) is 12.3 Å². The molecule has 2 fully saturated rings. The van der Waals surface area contributed by atoms with E-state index in [0.717, 1.165) is 25.7 Å². The summed E-state index contributed by atoms with van der Waals surface area (Å²) in [4.78, 5) is 25.0. The van der Waals surface area contributed by atoms with Gasteiger partial charge in [-0.15, -0.1) is 0 Å². The highest BCUT2D eigenvalue weighted by Crippen LogP contribution is 2.40. The van der Waals surface area contributed by atoms with E-state index in [4.69, 9.17) is 5.73 Å². The van der Waals surface area contributed by atoms with E-state index < -0.39 is 11.4 Å². The number of primary amides is 1. The van der Waals surface area contributed by atoms with Crippen molar-refractivity contribution in [2.75, 3.05) is 0 Å². The number of nitrogens with one attached hydrogen (secondary N) is 1. The minimum absolute atomic E-state index is 0.190. The van der Waals surface area contributed by atoms with Crippen LogP contribution in [0.3, 0.4) is 0 Å². The summed E-state index contributed by atoms with van der Waals surface area (Å²) in [5, 5.41) is 7.30. The number of aromatic nitrogens is 2. The van der Waals surface area contributed by atoms with Gasteiger partial charge >= 0.3 is 0 Å². The molecule has 2 amide bonds. The van der Waals surface area contributed by atoms with Crippen LogP contribution in [0.25, 0.3) is 0 Å². The fourth-order valence-corrected chi connectivity index (χ4v) is 4.00. The standard InChI is InChI=1S/C18H28N4O2/c1-17(2)8-10-18(11-9-17,16(19)24)21-15(23)14-7-12-20-22(14)13-5-3-4-6-13/h7,12-13H,3-6,8-11H2,1-2H3,(H2,19,24)(H,21,23). The molecule has 2 aliphatic carbocycles. The van der Waals surface area contributed by atoms with Gasteiger partial charge in [0.05, 0.1) is 6.04 Å². The van der Waals surface area contributed by atoms with Crippen molar-refractivity contribution in [3.05, 3.63) is 18.0 Å². The summed E-state index contributed by atoms with van der Waals surface area (Å²) in [5.74, 6) is -0.670. The van der Waals surface area contributed by atoms with Crippen molar-refractivity contribution in [3.63, 3.8) is 0 Å². The van der Waals surface area contributed by atoms with Crippen molar-refractivity contribution >= 4 is 11.8 Å². The van der Waals surface area contributed by atoms with Gasteiger partial charge in [0.1, 0.15) is 11.2 Å². The van der Waals surface area contributed by atoms with Crippen LogP contribution in [0.2, 0.25) is 0 Å². The zero-order valence-electron chi connectivity index (χ0n) is 14.7. The van der Waals surface area contributed by atoms with Gasteiger partial charge in [0.15, 0.2) is 0 Å². The molecule has 3 rings (SSSR count). The van der Waals surface area contributed by atoms with Gasteiger partial charge in [-0.2, -0.15) is 5.10 Å². The number of hydrogen-bond acceptors (Lipinski definition) is 3. The van der Waals surface area contributed by atoms with Crippen molar-refractivity contribution in [1.29, 1.82) is 0 Å². The summed E-state index contributed by atoms with van der Waals surface area (Å²) in [6, 6.07) is 2.02. The molecule has 0 aromatic carbocycles. The average Bonchev–Trinajstić information content (AvgIpc) is 3.19. The number of rotatable bonds is 4. The minimum atomic E-state index is -0.933. The molecule has 132 valence electrons. The molecule has 0 radical (unpaired) electrons. The first-order valence-corrected chi connectivity index (χ1v) is 8.99. The van der Waals surface area contributed by atoms with Crippen molar-refractivity contribution in [2.45, 2.75) is 76.8 Å². The van der Waals surface area contributed by atoms with E-state index in [9.17, 15) is 9.59 Å². The van der Waals surface area contributed by atoms with Gasteiger partial charge in [-0.25, -0.2) is 0 Å². The molecule has 24 heavy (non-hydrogen) atoms. The minimum Gasteiger partial charge on any atom is -0.368 e. The smallest absolute Gasteiger partial charge is 0.270 e. The SMILES string of the molecule is CC1(C)CCC(NC(=O)c2ccnn2C2CCCC2)(C(N)=O)CC1. The Morgan fingerprint density at radius 1 is 1.21 bits per heavy atom. The van der Waals surface area contributed by atoms with E-state index in [2.05, 4.69) is 24.3 Å². The Balaban J connectivity index is 1.78. The third kappa shape index (κ3) is 3.19. The van der Waals surface area contributed by atoms with Gasteiger partial charge in [0, 0.05) is 6.20 Å². The van der Waals surface area contributed by atoms with Crippen molar-refractivity contribution < 1.29 is 9.59 Å². The molecule has 2 aliphatic rings. The van der Waals surface area contributed by atoms with E-state index in [1.165, 1.54) is 12.8 Å². The molecule has 1 aromatic rings. The van der Waals surface area contributed by atoms with Crippen LogP contribution < -0.4 is 11.1 Å². The van der Waals surface area contributed by atoms with Crippen LogP contribution in [-0.2, 0) is 4.79 Å². The van der Waals surface area contributed by atoms with Crippen molar-refractivity contribution in [3.8, 4) is 0 Å². The van der Waals surface area contributed by atoms with Gasteiger partial charge in [0.2, 0.25) is 5.91 Å². The predicted octanol–water partition coefficient (Wildman–Crippen LogP) is 2.55. The van der Waals surface area contributed by atoms with Crippen LogP contribution in [0.4, 0.5) is 0 Å². The van der Waals surface area contributed by atoms with E-state index in [0.29, 0.717) is 18.5 Å². The molecular formula is C18H28N4O2. The molecule has 2 saturated carbocycles. The summed E-state index contributed by atoms with van der Waals surface area (Å²) in [6.07, 6.45) is 9.05. The number of hydrogen-bond donors (Lipinski definition) is 2. The highest BCUT2D eigenvalue weighted by Gasteiger charge is 2.44. The third-order valence-corrected chi connectivity index (χ3v) is 5.86. The molecule has 0 unspecified atom stereocenters. The number of carbonyl (C=O) groups excluding carboxylic acids is 2. The third-order valence-electron chi connectivity index (χ3n) is 5.86. The average molecular weight is 332 g/mol. The van der Waals surface area contributed by atoms with Gasteiger partial charge < -0.3 is 11.1 Å². The van der Waals surface area contributed by atoms with Crippen LogP contribution in [-0.4, -0.2) is 27.1 Å². The summed E-state index contributed by atoms with van der Waals surface area (Å²) in [6.45, 7) is 4.38. The normalized spacial score (nSPS) is 23.1. The number of nitrogens with zero attached hydrogens (tertiary/aromatic N) is 2. The van der Waals surface area contributed by atoms with Crippen LogP contribution in [0.15, 0.2) is 12.3 Å². The van der Waals surface area contributed by atoms with Gasteiger partial charge in [0.25, 0.3) is 5.91 Å². The quantitative estimate of drug-likeness (QED) is 0.888. The van der Waals surface area contributed by atoms with Crippen LogP contribution in [0.1, 0.15) is 81.7 Å². The Kier molecular flexibility index (Phi) is 4.40. The van der Waals surface area contributed by atoms with Crippen LogP contribution in [0, 0.1) is 5.41 Å². The van der Waals surface area contributed by atoms with Gasteiger partial charge in [-0.05, 0) is 50.0 Å². The van der Waals surface area contributed by atoms with Crippen LogP contribution in [0.5, 0.6) is 0 Å². The van der Waals surface area contributed by atoms with Gasteiger partial charge in [-0.3, -0.25) is 14.3 Å². The maximum atomic E-state index is 12.8. The van der Waals surface area contributed by atoms with Crippen molar-refractivity contribution in [1.82, 2.24) is 15.1 Å². The summed E-state index contributed by atoms with van der Waals surface area (Å²) in [7, 11) is 0. The Hall–Kier alpha value is -1.85. The first kappa shape index (κ1) is 17.0. The molecule has 0 atom stereocenters. The number of nitrogens with two attached hydrogens (primary N) is 1. The first-order valence-electron chi connectivity index (χ1n) is 8.99. The molecule has 1 aromatic heterocycles. The Morgan fingerprint density at radius 2 is 1.83 bits per heavy atom. The van der Waals surface area contributed by atoms with E-state index >= 15 is 0 Å². The molecule has 0 aliphatic heterocycles. The molecule has 0 saturated heterocycles. The lowest BCUT2D eigenvalue weighted by atomic mass is 9.69. The zero-order valence-corrected chi connectivity index (χ0v) is 14.7. The first-order chi connectivity index (χ1) is 11.3. The van der Waals surface area contributed by atoms with E-state index in [-0.39, 0.29) is 17.4 Å². The Bertz CT molecular complexity index is 619. The fourth-order valence-electron chi connectivity index (χ4n) is 4.00. The maximum Gasteiger partial charge on any atom is 0.270 e. The molecular weight excluding hydrogens is 304 g/mol. The topological polar surface area (TPSA) is 90.0 Å². The summed E-state index contributed by atoms with van der Waals surface area (Å²) in [5.41, 5.74) is 5.47. The molecule has 1 heterocycles. The largest absolute Gasteiger partial charge is 0.368 e. The van der Waals surface area contributed by atoms with Crippen LogP contribution >= 0.6 is 0 Å². The lowest BCUT2D eigenvalue weighted by molar-refractivity contribution is -0.126. The van der Waals surface area contributed by atoms with Crippen molar-refractivity contribution in [2.24, 2.45) is 11.1 Å². The lowest BCUT2D eigenvalue weighted by Crippen LogP contribution is -2.60. The second-order valence-electron chi connectivity index (χ2n) is 8.16. The second-order valence-corrected chi connectivity index (χ2v) is 8.16. The summed E-state index contributed by atoms with van der Waals surface area (Å²) < 4.78 is 1.82. The molecule has 0 bridgehead atoms. The fraction of sp³-hybridized carbons (Fsp3) is 0.722. The second kappa shape index (κ2) is 6.22. The number of carbonyl (C=O) groups is 2. The number of amides is 2. The molecule has 6 nitrogen and oxygen atoms in total. The Morgan fingerprint density at radius 3 is 2.42 bits per heavy atom. The summed E-state index contributed by atoms with van der Waals surface area (Å²) >= 11 is 0. The zero-order chi connectivity index (χ0) is 17.4. The lowest BCUT2D eigenvalue weighted by Gasteiger charge is -2.41. The highest BCUT2D eigenvalue weighted by atomic mass is 16.2. The molecule has 6 heteroatoms. The predicted molar refractivity (Wildman–Crippen MR) is 91.4 cm³/mol. The Labute approximate surface area is 143 Å². The molecule has 0 spiro atoms. The highest BCUT2D eigenvalue weighted by molar-refractivity contribution is 5.97. The van der Waals surface area contributed by atoms with E-state index in [1.807, 2.05) is 4.68 Å². The molecule has 3 N–H and O–H groups in total. The maximum absolute atomic E-state index is 12.8. The monoisotopic (exact) mass is 332 g/mol.